The van der Waals surface area contributed by atoms with Gasteiger partial charge in [0.25, 0.3) is 0 Å². The van der Waals surface area contributed by atoms with Crippen molar-refractivity contribution in [3.05, 3.63) is 45.7 Å². The van der Waals surface area contributed by atoms with E-state index in [1.54, 1.807) is 6.20 Å². The van der Waals surface area contributed by atoms with E-state index in [9.17, 15) is 9.59 Å². The van der Waals surface area contributed by atoms with Crippen LogP contribution in [0.4, 0.5) is 0 Å². The number of hydrogen-bond acceptors (Lipinski definition) is 3. The van der Waals surface area contributed by atoms with E-state index in [1.807, 2.05) is 30.5 Å². The monoisotopic (exact) mass is 314 g/mol. The molecule has 23 heavy (non-hydrogen) atoms. The van der Waals surface area contributed by atoms with Gasteiger partial charge < -0.3 is 14.6 Å². The summed E-state index contributed by atoms with van der Waals surface area (Å²) in [6.07, 6.45) is 3.88. The minimum absolute atomic E-state index is 0.00601. The Kier molecular flexibility index (Phi) is 4.48. The molecule has 5 nitrogen and oxygen atoms in total. The van der Waals surface area contributed by atoms with Gasteiger partial charge in [-0.05, 0) is 43.9 Å². The normalized spacial score (nSPS) is 17.6. The van der Waals surface area contributed by atoms with E-state index in [0.717, 1.165) is 36.1 Å². The van der Waals surface area contributed by atoms with Crippen molar-refractivity contribution in [2.24, 2.45) is 0 Å². The Bertz CT molecular complexity index is 789. The first-order chi connectivity index (χ1) is 11.0. The van der Waals surface area contributed by atoms with Gasteiger partial charge in [-0.2, -0.15) is 0 Å². The zero-order valence-corrected chi connectivity index (χ0v) is 13.6. The van der Waals surface area contributed by atoms with Crippen LogP contribution in [-0.2, 0) is 16.1 Å². The highest BCUT2D eigenvalue weighted by Gasteiger charge is 2.16. The van der Waals surface area contributed by atoms with Crippen molar-refractivity contribution in [2.45, 2.75) is 39.3 Å². The maximum atomic E-state index is 12.2. The van der Waals surface area contributed by atoms with Gasteiger partial charge in [0.15, 0.2) is 5.43 Å². The lowest BCUT2D eigenvalue weighted by molar-refractivity contribution is -0.122. The Balaban J connectivity index is 1.81. The molecule has 122 valence electrons. The minimum Gasteiger partial charge on any atom is -0.376 e. The van der Waals surface area contributed by atoms with Gasteiger partial charge >= 0.3 is 0 Å². The summed E-state index contributed by atoms with van der Waals surface area (Å²) in [5.74, 6) is -0.0652. The molecule has 5 heteroatoms. The number of aryl methyl sites for hydroxylation is 2. The third-order valence-corrected chi connectivity index (χ3v) is 4.29. The molecule has 1 aromatic carbocycles. The third kappa shape index (κ3) is 3.45. The number of ether oxygens (including phenoxy) is 1. The van der Waals surface area contributed by atoms with Crippen molar-refractivity contribution in [1.29, 1.82) is 0 Å². The Hall–Kier alpha value is -2.14. The number of benzene rings is 1. The molecule has 0 saturated carbocycles. The molecule has 1 saturated heterocycles. The number of nitrogens with one attached hydrogen (secondary N) is 1. The summed E-state index contributed by atoms with van der Waals surface area (Å²) >= 11 is 0. The van der Waals surface area contributed by atoms with Gasteiger partial charge in [-0.1, -0.05) is 6.07 Å². The first-order valence-electron chi connectivity index (χ1n) is 8.03. The molecule has 1 aromatic heterocycles. The van der Waals surface area contributed by atoms with E-state index in [2.05, 4.69) is 5.32 Å². The Morgan fingerprint density at radius 3 is 2.96 bits per heavy atom. The zero-order chi connectivity index (χ0) is 16.4. The number of fused-ring (bicyclic) bond motifs is 1. The fourth-order valence-electron chi connectivity index (χ4n) is 3.20. The summed E-state index contributed by atoms with van der Waals surface area (Å²) in [6, 6.07) is 5.47. The van der Waals surface area contributed by atoms with Crippen LogP contribution >= 0.6 is 0 Å². The molecular formula is C18H22N2O3. The lowest BCUT2D eigenvalue weighted by Crippen LogP contribution is -2.34. The van der Waals surface area contributed by atoms with Gasteiger partial charge in [0, 0.05) is 30.8 Å². The van der Waals surface area contributed by atoms with Crippen molar-refractivity contribution in [1.82, 2.24) is 9.88 Å². The van der Waals surface area contributed by atoms with Crippen LogP contribution in [0.25, 0.3) is 10.9 Å². The third-order valence-electron chi connectivity index (χ3n) is 4.29. The lowest BCUT2D eigenvalue weighted by atomic mass is 10.1. The van der Waals surface area contributed by atoms with E-state index in [1.165, 1.54) is 6.07 Å². The van der Waals surface area contributed by atoms with Gasteiger partial charge in [0.05, 0.1) is 11.6 Å². The highest BCUT2D eigenvalue weighted by atomic mass is 16.5. The van der Waals surface area contributed by atoms with Crippen LogP contribution in [0.15, 0.2) is 29.2 Å². The molecule has 0 bridgehead atoms. The molecule has 2 heterocycles. The summed E-state index contributed by atoms with van der Waals surface area (Å²) in [7, 11) is 0. The van der Waals surface area contributed by atoms with Crippen molar-refractivity contribution in [3.8, 4) is 0 Å². The Morgan fingerprint density at radius 2 is 2.22 bits per heavy atom. The first-order valence-corrected chi connectivity index (χ1v) is 8.03. The van der Waals surface area contributed by atoms with Crippen LogP contribution < -0.4 is 10.7 Å². The fraction of sp³-hybridized carbons (Fsp3) is 0.444. The number of rotatable bonds is 4. The molecule has 1 fully saturated rings. The number of pyridine rings is 1. The topological polar surface area (TPSA) is 60.3 Å². The average Bonchev–Trinajstić information content (AvgIpc) is 3.01. The molecule has 2 aromatic rings. The average molecular weight is 314 g/mol. The zero-order valence-electron chi connectivity index (χ0n) is 13.6. The van der Waals surface area contributed by atoms with Crippen LogP contribution in [0.5, 0.6) is 0 Å². The predicted molar refractivity (Wildman–Crippen MR) is 89.7 cm³/mol. The van der Waals surface area contributed by atoms with Gasteiger partial charge in [0.1, 0.15) is 6.54 Å². The van der Waals surface area contributed by atoms with E-state index in [4.69, 9.17) is 4.74 Å². The van der Waals surface area contributed by atoms with Gasteiger partial charge in [0.2, 0.25) is 5.91 Å². The summed E-state index contributed by atoms with van der Waals surface area (Å²) in [4.78, 5) is 24.3. The van der Waals surface area contributed by atoms with Crippen LogP contribution in [0.2, 0.25) is 0 Å². The summed E-state index contributed by atoms with van der Waals surface area (Å²) in [6.45, 7) is 5.45. The molecule has 1 aliphatic heterocycles. The van der Waals surface area contributed by atoms with Gasteiger partial charge in [-0.15, -0.1) is 0 Å². The van der Waals surface area contributed by atoms with E-state index < -0.39 is 0 Å². The second kappa shape index (κ2) is 6.54. The minimum atomic E-state index is -0.0652. The molecule has 0 spiro atoms. The molecule has 1 N–H and O–H groups in total. The SMILES string of the molecule is Cc1cc(C)c2c(=O)ccn(CC(=O)NC[C@@H]3CCCO3)c2c1. The smallest absolute Gasteiger partial charge is 0.240 e. The maximum Gasteiger partial charge on any atom is 0.240 e. The Morgan fingerprint density at radius 1 is 1.39 bits per heavy atom. The van der Waals surface area contributed by atoms with Crippen LogP contribution in [0.1, 0.15) is 24.0 Å². The first kappa shape index (κ1) is 15.7. The van der Waals surface area contributed by atoms with Crippen LogP contribution in [0.3, 0.4) is 0 Å². The molecule has 0 radical (unpaired) electrons. The molecule has 1 atom stereocenters. The maximum absolute atomic E-state index is 12.2. The van der Waals surface area contributed by atoms with Gasteiger partial charge in [-0.3, -0.25) is 9.59 Å². The quantitative estimate of drug-likeness (QED) is 0.938. The van der Waals surface area contributed by atoms with Gasteiger partial charge in [-0.25, -0.2) is 0 Å². The molecule has 1 aliphatic rings. The fourth-order valence-corrected chi connectivity index (χ4v) is 3.20. The number of nitrogens with zero attached hydrogens (tertiary/aromatic N) is 1. The molecule has 0 aliphatic carbocycles. The van der Waals surface area contributed by atoms with Crippen LogP contribution in [-0.4, -0.2) is 29.7 Å². The van der Waals surface area contributed by atoms with Crippen molar-refractivity contribution >= 4 is 16.8 Å². The van der Waals surface area contributed by atoms with Crippen LogP contribution in [0, 0.1) is 13.8 Å². The summed E-state index contributed by atoms with van der Waals surface area (Å²) < 4.78 is 7.34. The number of carbonyl (C=O) groups is 1. The predicted octanol–water partition coefficient (Wildman–Crippen LogP) is 1.91. The highest BCUT2D eigenvalue weighted by Crippen LogP contribution is 2.17. The van der Waals surface area contributed by atoms with Crippen molar-refractivity contribution < 1.29 is 9.53 Å². The number of hydrogen-bond donors (Lipinski definition) is 1. The summed E-state index contributed by atoms with van der Waals surface area (Å²) in [5.41, 5.74) is 2.82. The Labute approximate surface area is 135 Å². The largest absolute Gasteiger partial charge is 0.376 e. The number of amides is 1. The molecular weight excluding hydrogens is 292 g/mol. The van der Waals surface area contributed by atoms with E-state index in [-0.39, 0.29) is 24.0 Å². The second-order valence-corrected chi connectivity index (χ2v) is 6.22. The van der Waals surface area contributed by atoms with E-state index >= 15 is 0 Å². The second-order valence-electron chi connectivity index (χ2n) is 6.22. The lowest BCUT2D eigenvalue weighted by Gasteiger charge is -2.14. The number of carbonyl (C=O) groups excluding carboxylic acids is 1. The van der Waals surface area contributed by atoms with Crippen molar-refractivity contribution in [2.75, 3.05) is 13.2 Å². The van der Waals surface area contributed by atoms with E-state index in [0.29, 0.717) is 11.9 Å². The highest BCUT2D eigenvalue weighted by molar-refractivity contribution is 5.85. The number of aromatic nitrogens is 1. The van der Waals surface area contributed by atoms with Crippen molar-refractivity contribution in [3.63, 3.8) is 0 Å². The molecule has 0 unspecified atom stereocenters. The summed E-state index contributed by atoms with van der Waals surface area (Å²) in [5, 5.41) is 3.60. The standard InChI is InChI=1S/C18H22N2O3/c1-12-8-13(2)18-15(9-12)20(6-5-16(18)21)11-17(22)19-10-14-4-3-7-23-14/h5-6,8-9,14H,3-4,7,10-11H2,1-2H3,(H,19,22)/t14-/m0/s1. The molecule has 1 amide bonds. The molecule has 3 rings (SSSR count).